The highest BCUT2D eigenvalue weighted by molar-refractivity contribution is 6.24. The molecule has 2 aromatic rings. The van der Waals surface area contributed by atoms with Crippen molar-refractivity contribution in [3.05, 3.63) is 71.5 Å². The highest BCUT2D eigenvalue weighted by atomic mass is 35.5. The summed E-state index contributed by atoms with van der Waals surface area (Å²) >= 11 is 7.07. The van der Waals surface area contributed by atoms with Gasteiger partial charge in [0, 0.05) is 18.0 Å². The van der Waals surface area contributed by atoms with Gasteiger partial charge in [0.15, 0.2) is 0 Å². The number of alkyl halides is 1. The van der Waals surface area contributed by atoms with E-state index in [9.17, 15) is 9.18 Å². The summed E-state index contributed by atoms with van der Waals surface area (Å²) in [4.78, 5) is 15.0. The number of rotatable bonds is 2. The van der Waals surface area contributed by atoms with Gasteiger partial charge >= 0.3 is 0 Å². The van der Waals surface area contributed by atoms with Crippen molar-refractivity contribution in [1.29, 1.82) is 0 Å². The van der Waals surface area contributed by atoms with Gasteiger partial charge < -0.3 is 4.90 Å². The minimum absolute atomic E-state index is 0.0275. The van der Waals surface area contributed by atoms with E-state index in [-0.39, 0.29) is 28.6 Å². The van der Waals surface area contributed by atoms with Gasteiger partial charge in [0.05, 0.1) is 10.9 Å². The third kappa shape index (κ3) is 3.14. The molecular formula is C22H23ClFNO. The van der Waals surface area contributed by atoms with Crippen LogP contribution in [-0.4, -0.2) is 22.2 Å². The zero-order chi connectivity index (χ0) is 18.1. The van der Waals surface area contributed by atoms with Gasteiger partial charge in [0.2, 0.25) is 0 Å². The Kier molecular flexibility index (Phi) is 4.74. The molecule has 3 atom stereocenters. The molecule has 0 N–H and O–H groups in total. The van der Waals surface area contributed by atoms with Gasteiger partial charge in [-0.2, -0.15) is 0 Å². The molecule has 2 nitrogen and oxygen atoms in total. The molecule has 0 spiro atoms. The first-order valence-electron chi connectivity index (χ1n) is 9.39. The first-order chi connectivity index (χ1) is 12.6. The smallest absolute Gasteiger partial charge is 0.254 e. The Morgan fingerprint density at radius 2 is 1.77 bits per heavy atom. The highest BCUT2D eigenvalue weighted by Gasteiger charge is 2.50. The molecule has 1 aliphatic carbocycles. The van der Waals surface area contributed by atoms with Crippen molar-refractivity contribution in [2.24, 2.45) is 5.92 Å². The number of benzene rings is 2. The van der Waals surface area contributed by atoms with Crippen LogP contribution in [0.4, 0.5) is 4.39 Å². The van der Waals surface area contributed by atoms with E-state index in [0.29, 0.717) is 12.1 Å². The number of fused-ring (bicyclic) bond motifs is 1. The SMILES string of the molecule is O=C(c1ccc(F)cc1)N1CC[C@@]2(Cl)CCCC[C@@H]2[C@@H]1c1ccccc1. The summed E-state index contributed by atoms with van der Waals surface area (Å²) in [5, 5.41) is 0. The number of nitrogens with zero attached hydrogens (tertiary/aromatic N) is 1. The zero-order valence-corrected chi connectivity index (χ0v) is 15.5. The molecule has 1 saturated carbocycles. The molecule has 2 aromatic carbocycles. The van der Waals surface area contributed by atoms with Crippen molar-refractivity contribution in [1.82, 2.24) is 4.90 Å². The van der Waals surface area contributed by atoms with E-state index in [0.717, 1.165) is 37.7 Å². The number of hydrogen-bond acceptors (Lipinski definition) is 1. The van der Waals surface area contributed by atoms with Crippen LogP contribution in [0.2, 0.25) is 0 Å². The maximum absolute atomic E-state index is 13.3. The molecule has 0 unspecified atom stereocenters. The second kappa shape index (κ2) is 7.03. The lowest BCUT2D eigenvalue weighted by molar-refractivity contribution is 0.0279. The molecule has 1 aliphatic heterocycles. The number of hydrogen-bond donors (Lipinski definition) is 0. The van der Waals surface area contributed by atoms with Crippen molar-refractivity contribution < 1.29 is 9.18 Å². The lowest BCUT2D eigenvalue weighted by Gasteiger charge is -2.52. The monoisotopic (exact) mass is 371 g/mol. The number of piperidine rings is 1. The third-order valence-corrected chi connectivity index (χ3v) is 6.66. The first-order valence-corrected chi connectivity index (χ1v) is 9.77. The average molecular weight is 372 g/mol. The Labute approximate surface area is 159 Å². The predicted octanol–water partition coefficient (Wildman–Crippen LogP) is 5.58. The van der Waals surface area contributed by atoms with Gasteiger partial charge in [-0.1, -0.05) is 43.2 Å². The second-order valence-corrected chi connectivity index (χ2v) is 8.25. The van der Waals surface area contributed by atoms with E-state index >= 15 is 0 Å². The maximum Gasteiger partial charge on any atom is 0.254 e. The van der Waals surface area contributed by atoms with Gasteiger partial charge in [0.25, 0.3) is 5.91 Å². The molecule has 4 rings (SSSR count). The van der Waals surface area contributed by atoms with Crippen molar-refractivity contribution in [3.8, 4) is 0 Å². The van der Waals surface area contributed by atoms with Crippen LogP contribution < -0.4 is 0 Å². The fraction of sp³-hybridized carbons (Fsp3) is 0.409. The molecule has 1 saturated heterocycles. The van der Waals surface area contributed by atoms with Crippen LogP contribution >= 0.6 is 11.6 Å². The molecule has 26 heavy (non-hydrogen) atoms. The summed E-state index contributed by atoms with van der Waals surface area (Å²) in [7, 11) is 0. The number of amides is 1. The standard InChI is InChI=1S/C22H23ClFNO/c23-22-13-5-4-8-19(22)20(16-6-2-1-3-7-16)25(15-14-22)21(26)17-9-11-18(24)12-10-17/h1-3,6-7,9-12,19-20H,4-5,8,13-15H2/t19-,20+,22+/m1/s1. The number of likely N-dealkylation sites (tertiary alicyclic amines) is 1. The summed E-state index contributed by atoms with van der Waals surface area (Å²) in [5.41, 5.74) is 1.67. The van der Waals surface area contributed by atoms with E-state index in [1.165, 1.54) is 12.1 Å². The fourth-order valence-electron chi connectivity index (χ4n) is 4.69. The maximum atomic E-state index is 13.3. The van der Waals surface area contributed by atoms with E-state index in [2.05, 4.69) is 12.1 Å². The molecule has 0 bridgehead atoms. The van der Waals surface area contributed by atoms with Crippen molar-refractivity contribution in [2.45, 2.75) is 43.0 Å². The Hall–Kier alpha value is -1.87. The van der Waals surface area contributed by atoms with E-state index in [1.807, 2.05) is 23.1 Å². The number of carbonyl (C=O) groups excluding carboxylic acids is 1. The normalized spacial score (nSPS) is 28.5. The summed E-state index contributed by atoms with van der Waals surface area (Å²) < 4.78 is 13.3. The average Bonchev–Trinajstić information content (AvgIpc) is 2.67. The number of carbonyl (C=O) groups is 1. The van der Waals surface area contributed by atoms with Crippen LogP contribution in [0.25, 0.3) is 0 Å². The molecule has 1 heterocycles. The second-order valence-electron chi connectivity index (χ2n) is 7.50. The number of halogens is 2. The Morgan fingerprint density at radius 1 is 1.04 bits per heavy atom. The lowest BCUT2D eigenvalue weighted by Crippen LogP contribution is -2.53. The van der Waals surface area contributed by atoms with Crippen LogP contribution in [0.5, 0.6) is 0 Å². The molecule has 4 heteroatoms. The van der Waals surface area contributed by atoms with Crippen LogP contribution in [-0.2, 0) is 0 Å². The molecule has 0 aromatic heterocycles. The van der Waals surface area contributed by atoms with Crippen LogP contribution in [0.15, 0.2) is 54.6 Å². The van der Waals surface area contributed by atoms with Gasteiger partial charge in [0.1, 0.15) is 5.82 Å². The molecule has 136 valence electrons. The predicted molar refractivity (Wildman–Crippen MR) is 102 cm³/mol. The van der Waals surface area contributed by atoms with Crippen LogP contribution in [0.1, 0.15) is 54.1 Å². The molecule has 0 radical (unpaired) electrons. The molecule has 1 amide bonds. The minimum atomic E-state index is -0.327. The summed E-state index contributed by atoms with van der Waals surface area (Å²) in [6.07, 6.45) is 5.18. The van der Waals surface area contributed by atoms with E-state index in [4.69, 9.17) is 11.6 Å². The quantitative estimate of drug-likeness (QED) is 0.631. The van der Waals surface area contributed by atoms with E-state index in [1.54, 1.807) is 12.1 Å². The van der Waals surface area contributed by atoms with Gasteiger partial charge in [-0.15, -0.1) is 11.6 Å². The topological polar surface area (TPSA) is 20.3 Å². The minimum Gasteiger partial charge on any atom is -0.331 e. The van der Waals surface area contributed by atoms with Crippen molar-refractivity contribution in [2.75, 3.05) is 6.54 Å². The molecule has 2 aliphatic rings. The van der Waals surface area contributed by atoms with E-state index < -0.39 is 0 Å². The summed E-state index contributed by atoms with van der Waals surface area (Å²) in [6, 6.07) is 16.0. The van der Waals surface area contributed by atoms with Gasteiger partial charge in [-0.3, -0.25) is 4.79 Å². The Bertz CT molecular complexity index is 778. The Balaban J connectivity index is 1.72. The van der Waals surface area contributed by atoms with Crippen LogP contribution in [0.3, 0.4) is 0 Å². The first kappa shape index (κ1) is 17.5. The lowest BCUT2D eigenvalue weighted by atomic mass is 9.68. The fourth-order valence-corrected chi connectivity index (χ4v) is 5.14. The van der Waals surface area contributed by atoms with Crippen molar-refractivity contribution >= 4 is 17.5 Å². The van der Waals surface area contributed by atoms with Gasteiger partial charge in [-0.25, -0.2) is 4.39 Å². The van der Waals surface area contributed by atoms with Crippen molar-refractivity contribution in [3.63, 3.8) is 0 Å². The highest BCUT2D eigenvalue weighted by Crippen LogP contribution is 2.52. The molecular weight excluding hydrogens is 349 g/mol. The Morgan fingerprint density at radius 3 is 2.50 bits per heavy atom. The molecule has 2 fully saturated rings. The largest absolute Gasteiger partial charge is 0.331 e. The zero-order valence-electron chi connectivity index (χ0n) is 14.7. The third-order valence-electron chi connectivity index (χ3n) is 6.00. The summed E-state index contributed by atoms with van der Waals surface area (Å²) in [6.45, 7) is 0.635. The van der Waals surface area contributed by atoms with Crippen LogP contribution in [0, 0.1) is 11.7 Å². The van der Waals surface area contributed by atoms with Gasteiger partial charge in [-0.05, 0) is 49.1 Å². The summed E-state index contributed by atoms with van der Waals surface area (Å²) in [5.74, 6) is -0.117.